The highest BCUT2D eigenvalue weighted by atomic mass is 16.5. The lowest BCUT2D eigenvalue weighted by Crippen LogP contribution is -2.47. The summed E-state index contributed by atoms with van der Waals surface area (Å²) in [4.78, 5) is 6.33. The number of methoxy groups -OCH3 is 1. The summed E-state index contributed by atoms with van der Waals surface area (Å²) in [6.45, 7) is 4.98. The number of benzene rings is 1. The molecule has 0 aromatic heterocycles. The minimum absolute atomic E-state index is 0.0569. The van der Waals surface area contributed by atoms with Crippen LogP contribution in [0.3, 0.4) is 0 Å². The van der Waals surface area contributed by atoms with Crippen molar-refractivity contribution in [1.82, 2.24) is 0 Å². The zero-order chi connectivity index (χ0) is 11.8. The Labute approximate surface area is 95.7 Å². The maximum atomic E-state index is 5.90. The molecule has 0 saturated heterocycles. The Kier molecular flexibility index (Phi) is 2.50. The first kappa shape index (κ1) is 10.8. The molecule has 1 aromatic carbocycles. The monoisotopic (exact) mass is 219 g/mol. The first-order chi connectivity index (χ1) is 7.54. The van der Waals surface area contributed by atoms with Gasteiger partial charge in [-0.05, 0) is 38.1 Å². The Balaban J connectivity index is 2.32. The van der Waals surface area contributed by atoms with E-state index in [1.165, 1.54) is 0 Å². The molecule has 4 heteroatoms. The predicted molar refractivity (Wildman–Crippen MR) is 66.0 cm³/mol. The molecule has 0 atom stereocenters. The van der Waals surface area contributed by atoms with Crippen molar-refractivity contribution >= 4 is 11.6 Å². The zero-order valence-corrected chi connectivity index (χ0v) is 9.90. The molecule has 16 heavy (non-hydrogen) atoms. The topological polar surface area (TPSA) is 50.9 Å². The zero-order valence-electron chi connectivity index (χ0n) is 9.90. The fraction of sp³-hybridized carbons (Fsp3) is 0.417. The third-order valence-corrected chi connectivity index (χ3v) is 2.79. The van der Waals surface area contributed by atoms with E-state index in [9.17, 15) is 0 Å². The molecular weight excluding hydrogens is 202 g/mol. The lowest BCUT2D eigenvalue weighted by atomic mass is 10.0. The van der Waals surface area contributed by atoms with E-state index >= 15 is 0 Å². The molecule has 1 heterocycles. The number of nitrogens with zero attached hydrogens (tertiary/aromatic N) is 2. The summed E-state index contributed by atoms with van der Waals surface area (Å²) < 4.78 is 5.13. The van der Waals surface area contributed by atoms with Gasteiger partial charge in [0.05, 0.1) is 19.2 Å². The number of ether oxygens (including phenoxy) is 1. The fourth-order valence-electron chi connectivity index (χ4n) is 1.94. The van der Waals surface area contributed by atoms with E-state index in [4.69, 9.17) is 10.5 Å². The molecule has 0 saturated carbocycles. The van der Waals surface area contributed by atoms with Crippen molar-refractivity contribution < 1.29 is 4.74 Å². The van der Waals surface area contributed by atoms with Gasteiger partial charge >= 0.3 is 0 Å². The van der Waals surface area contributed by atoms with Crippen LogP contribution in [0.1, 0.15) is 13.8 Å². The van der Waals surface area contributed by atoms with Crippen LogP contribution in [0.2, 0.25) is 0 Å². The first-order valence-corrected chi connectivity index (χ1v) is 5.29. The van der Waals surface area contributed by atoms with Crippen molar-refractivity contribution in [3.63, 3.8) is 0 Å². The fourth-order valence-corrected chi connectivity index (χ4v) is 1.94. The molecule has 1 aliphatic rings. The second-order valence-corrected chi connectivity index (χ2v) is 4.52. The van der Waals surface area contributed by atoms with Gasteiger partial charge in [-0.3, -0.25) is 4.99 Å². The van der Waals surface area contributed by atoms with E-state index < -0.39 is 0 Å². The van der Waals surface area contributed by atoms with Gasteiger partial charge in [-0.2, -0.15) is 0 Å². The summed E-state index contributed by atoms with van der Waals surface area (Å²) in [5.41, 5.74) is 6.89. The molecule has 0 amide bonds. The van der Waals surface area contributed by atoms with Crippen molar-refractivity contribution in [1.29, 1.82) is 0 Å². The van der Waals surface area contributed by atoms with Crippen LogP contribution >= 0.6 is 0 Å². The van der Waals surface area contributed by atoms with E-state index in [2.05, 4.69) is 18.8 Å². The van der Waals surface area contributed by atoms with Crippen molar-refractivity contribution in [2.45, 2.75) is 19.4 Å². The van der Waals surface area contributed by atoms with E-state index in [-0.39, 0.29) is 5.54 Å². The predicted octanol–water partition coefficient (Wildman–Crippen LogP) is 1.61. The van der Waals surface area contributed by atoms with Crippen LogP contribution in [-0.2, 0) is 0 Å². The second kappa shape index (κ2) is 3.70. The lowest BCUT2D eigenvalue weighted by molar-refractivity contribution is 0.414. The number of guanidine groups is 1. The highest BCUT2D eigenvalue weighted by Gasteiger charge is 2.34. The Bertz CT molecular complexity index is 409. The van der Waals surface area contributed by atoms with Gasteiger partial charge in [0.2, 0.25) is 0 Å². The SMILES string of the molecule is COc1ccc(N2C(N)=NCC2(C)C)cc1. The minimum Gasteiger partial charge on any atom is -0.497 e. The van der Waals surface area contributed by atoms with Gasteiger partial charge in [-0.15, -0.1) is 0 Å². The van der Waals surface area contributed by atoms with Gasteiger partial charge in [-0.1, -0.05) is 0 Å². The van der Waals surface area contributed by atoms with E-state index in [0.29, 0.717) is 5.96 Å². The molecule has 0 aliphatic carbocycles. The minimum atomic E-state index is -0.0569. The van der Waals surface area contributed by atoms with E-state index in [0.717, 1.165) is 18.0 Å². The molecule has 2 N–H and O–H groups in total. The summed E-state index contributed by atoms with van der Waals surface area (Å²) in [5, 5.41) is 0. The van der Waals surface area contributed by atoms with Gasteiger partial charge in [0, 0.05) is 5.69 Å². The van der Waals surface area contributed by atoms with Gasteiger partial charge < -0.3 is 15.4 Å². The molecule has 0 radical (unpaired) electrons. The molecular formula is C12H17N3O. The summed E-state index contributed by atoms with van der Waals surface area (Å²) in [7, 11) is 1.66. The molecule has 86 valence electrons. The van der Waals surface area contributed by atoms with Crippen molar-refractivity contribution in [2.24, 2.45) is 10.7 Å². The number of nitrogens with two attached hydrogens (primary N) is 1. The van der Waals surface area contributed by atoms with Crippen molar-refractivity contribution in [3.8, 4) is 5.75 Å². The highest BCUT2D eigenvalue weighted by molar-refractivity contribution is 5.98. The van der Waals surface area contributed by atoms with Crippen LogP contribution in [0.15, 0.2) is 29.3 Å². The average Bonchev–Trinajstić information content (AvgIpc) is 2.53. The van der Waals surface area contributed by atoms with Crippen molar-refractivity contribution in [3.05, 3.63) is 24.3 Å². The molecule has 2 rings (SSSR count). The highest BCUT2D eigenvalue weighted by Crippen LogP contribution is 2.29. The van der Waals surface area contributed by atoms with Crippen LogP contribution in [0.5, 0.6) is 5.75 Å². The van der Waals surface area contributed by atoms with Gasteiger partial charge in [0.1, 0.15) is 5.75 Å². The Hall–Kier alpha value is -1.71. The van der Waals surface area contributed by atoms with Gasteiger partial charge in [-0.25, -0.2) is 0 Å². The largest absolute Gasteiger partial charge is 0.497 e. The first-order valence-electron chi connectivity index (χ1n) is 5.29. The summed E-state index contributed by atoms with van der Waals surface area (Å²) >= 11 is 0. The van der Waals surface area contributed by atoms with Crippen LogP contribution in [0, 0.1) is 0 Å². The number of anilines is 1. The molecule has 0 spiro atoms. The molecule has 0 bridgehead atoms. The number of aliphatic imine (C=N–C) groups is 1. The standard InChI is InChI=1S/C12H17N3O/c1-12(2)8-14-11(13)15(12)9-4-6-10(16-3)7-5-9/h4-7H,8H2,1-3H3,(H2,13,14). The van der Waals surface area contributed by atoms with Crippen LogP contribution in [0.25, 0.3) is 0 Å². The molecule has 4 nitrogen and oxygen atoms in total. The Morgan fingerprint density at radius 1 is 1.31 bits per heavy atom. The molecule has 0 unspecified atom stereocenters. The Morgan fingerprint density at radius 2 is 1.94 bits per heavy atom. The van der Waals surface area contributed by atoms with Gasteiger partial charge in [0.15, 0.2) is 5.96 Å². The number of hydrogen-bond acceptors (Lipinski definition) is 4. The second-order valence-electron chi connectivity index (χ2n) is 4.52. The normalized spacial score (nSPS) is 18.4. The quantitative estimate of drug-likeness (QED) is 0.822. The van der Waals surface area contributed by atoms with E-state index in [1.54, 1.807) is 7.11 Å². The van der Waals surface area contributed by atoms with Crippen LogP contribution in [0.4, 0.5) is 5.69 Å². The third kappa shape index (κ3) is 1.71. The number of rotatable bonds is 2. The number of hydrogen-bond donors (Lipinski definition) is 1. The van der Waals surface area contributed by atoms with Crippen LogP contribution in [-0.4, -0.2) is 25.2 Å². The summed E-state index contributed by atoms with van der Waals surface area (Å²) in [6.07, 6.45) is 0. The maximum Gasteiger partial charge on any atom is 0.196 e. The maximum absolute atomic E-state index is 5.90. The molecule has 1 aliphatic heterocycles. The summed E-state index contributed by atoms with van der Waals surface area (Å²) in [6, 6.07) is 7.84. The van der Waals surface area contributed by atoms with E-state index in [1.807, 2.05) is 29.2 Å². The molecule has 1 aromatic rings. The summed E-state index contributed by atoms with van der Waals surface area (Å²) in [5.74, 6) is 1.42. The average molecular weight is 219 g/mol. The third-order valence-electron chi connectivity index (χ3n) is 2.79. The van der Waals surface area contributed by atoms with Gasteiger partial charge in [0.25, 0.3) is 0 Å². The lowest BCUT2D eigenvalue weighted by Gasteiger charge is -2.32. The Morgan fingerprint density at radius 3 is 2.38 bits per heavy atom. The van der Waals surface area contributed by atoms with Crippen molar-refractivity contribution in [2.75, 3.05) is 18.6 Å². The smallest absolute Gasteiger partial charge is 0.196 e. The van der Waals surface area contributed by atoms with Crippen LogP contribution < -0.4 is 15.4 Å². The molecule has 0 fully saturated rings.